The second-order valence-electron chi connectivity index (χ2n) is 3.96. The zero-order valence-corrected chi connectivity index (χ0v) is 12.7. The van der Waals surface area contributed by atoms with Crippen molar-refractivity contribution in [2.45, 2.75) is 20.0 Å². The van der Waals surface area contributed by atoms with E-state index in [1.54, 1.807) is 11.3 Å². The predicted octanol–water partition coefficient (Wildman–Crippen LogP) is 4.09. The Morgan fingerprint density at radius 1 is 1.41 bits per heavy atom. The van der Waals surface area contributed by atoms with Crippen molar-refractivity contribution in [1.29, 1.82) is 0 Å². The molecule has 0 unspecified atom stereocenters. The molecule has 0 saturated heterocycles. The Hall–Kier alpha value is -0.650. The van der Waals surface area contributed by atoms with Crippen molar-refractivity contribution in [3.63, 3.8) is 0 Å². The van der Waals surface area contributed by atoms with Gasteiger partial charge in [-0.1, -0.05) is 12.2 Å². The molecule has 2 rings (SSSR count). The van der Waals surface area contributed by atoms with Gasteiger partial charge in [0.1, 0.15) is 10.7 Å². The third-order valence-electron chi connectivity index (χ3n) is 2.18. The highest BCUT2D eigenvalue weighted by Gasteiger charge is 2.09. The SMILES string of the molecule is CC(C)Oc1cc(Br)c2cc(C(N)=S)sc2c1. The van der Waals surface area contributed by atoms with Crippen molar-refractivity contribution in [2.75, 3.05) is 0 Å². The van der Waals surface area contributed by atoms with Crippen molar-refractivity contribution in [3.05, 3.63) is 27.5 Å². The van der Waals surface area contributed by atoms with E-state index in [0.717, 1.165) is 25.2 Å². The van der Waals surface area contributed by atoms with Gasteiger partial charge in [0.05, 0.1) is 11.0 Å². The Kier molecular flexibility index (Phi) is 3.70. The van der Waals surface area contributed by atoms with Crippen molar-refractivity contribution in [2.24, 2.45) is 5.73 Å². The quantitative estimate of drug-likeness (QED) is 0.861. The average Bonchev–Trinajstić information content (AvgIpc) is 2.60. The molecule has 0 amide bonds. The molecule has 0 spiro atoms. The summed E-state index contributed by atoms with van der Waals surface area (Å²) in [6.45, 7) is 4.01. The predicted molar refractivity (Wildman–Crippen MR) is 81.2 cm³/mol. The molecule has 0 fully saturated rings. The lowest BCUT2D eigenvalue weighted by Gasteiger charge is -2.10. The molecule has 0 saturated carbocycles. The maximum Gasteiger partial charge on any atom is 0.122 e. The first-order chi connectivity index (χ1) is 7.97. The van der Waals surface area contributed by atoms with Crippen LogP contribution in [0.4, 0.5) is 0 Å². The van der Waals surface area contributed by atoms with Gasteiger partial charge in [0.2, 0.25) is 0 Å². The summed E-state index contributed by atoms with van der Waals surface area (Å²) in [5.41, 5.74) is 5.64. The van der Waals surface area contributed by atoms with Crippen LogP contribution in [0.25, 0.3) is 10.1 Å². The Bertz CT molecular complexity index is 577. The molecule has 90 valence electrons. The van der Waals surface area contributed by atoms with E-state index in [-0.39, 0.29) is 6.10 Å². The Labute approximate surface area is 118 Å². The smallest absolute Gasteiger partial charge is 0.122 e. The van der Waals surface area contributed by atoms with Crippen molar-refractivity contribution >= 4 is 54.6 Å². The van der Waals surface area contributed by atoms with Gasteiger partial charge < -0.3 is 10.5 Å². The summed E-state index contributed by atoms with van der Waals surface area (Å²) in [6.07, 6.45) is 0.161. The molecule has 2 N–H and O–H groups in total. The normalized spacial score (nSPS) is 11.1. The fourth-order valence-corrected chi connectivity index (χ4v) is 3.37. The van der Waals surface area contributed by atoms with Crippen LogP contribution in [0.5, 0.6) is 5.75 Å². The lowest BCUT2D eigenvalue weighted by molar-refractivity contribution is 0.242. The van der Waals surface area contributed by atoms with Gasteiger partial charge in [0.25, 0.3) is 0 Å². The molecule has 1 aromatic carbocycles. The molecular formula is C12H12BrNOS2. The summed E-state index contributed by atoms with van der Waals surface area (Å²) in [5.74, 6) is 0.857. The van der Waals surface area contributed by atoms with E-state index in [4.69, 9.17) is 22.7 Å². The summed E-state index contributed by atoms with van der Waals surface area (Å²) in [6, 6.07) is 6.00. The minimum Gasteiger partial charge on any atom is -0.491 e. The second-order valence-corrected chi connectivity index (χ2v) is 6.34. The summed E-state index contributed by atoms with van der Waals surface area (Å²) >= 11 is 10.1. The van der Waals surface area contributed by atoms with Gasteiger partial charge in [0.15, 0.2) is 0 Å². The number of benzene rings is 1. The first-order valence-corrected chi connectivity index (χ1v) is 7.18. The van der Waals surface area contributed by atoms with Gasteiger partial charge in [-0.3, -0.25) is 0 Å². The van der Waals surface area contributed by atoms with Crippen molar-refractivity contribution < 1.29 is 4.74 Å². The number of fused-ring (bicyclic) bond motifs is 1. The number of hydrogen-bond donors (Lipinski definition) is 1. The van der Waals surface area contributed by atoms with Gasteiger partial charge in [-0.15, -0.1) is 11.3 Å². The van der Waals surface area contributed by atoms with Crippen LogP contribution in [-0.4, -0.2) is 11.1 Å². The fourth-order valence-electron chi connectivity index (χ4n) is 1.53. The van der Waals surface area contributed by atoms with E-state index >= 15 is 0 Å². The molecule has 0 atom stereocenters. The van der Waals surface area contributed by atoms with E-state index in [9.17, 15) is 0 Å². The first-order valence-electron chi connectivity index (χ1n) is 5.17. The van der Waals surface area contributed by atoms with Crippen LogP contribution < -0.4 is 10.5 Å². The third-order valence-corrected chi connectivity index (χ3v) is 4.30. The highest BCUT2D eigenvalue weighted by molar-refractivity contribution is 9.10. The van der Waals surface area contributed by atoms with Crippen molar-refractivity contribution in [3.8, 4) is 5.75 Å². The monoisotopic (exact) mass is 329 g/mol. The maximum atomic E-state index is 5.69. The molecule has 0 bridgehead atoms. The molecule has 2 aromatic rings. The maximum absolute atomic E-state index is 5.69. The fraction of sp³-hybridized carbons (Fsp3) is 0.250. The molecule has 1 heterocycles. The third kappa shape index (κ3) is 2.78. The second kappa shape index (κ2) is 4.92. The summed E-state index contributed by atoms with van der Waals surface area (Å²) in [4.78, 5) is 1.36. The van der Waals surface area contributed by atoms with Gasteiger partial charge in [-0.25, -0.2) is 0 Å². The minimum atomic E-state index is 0.161. The van der Waals surface area contributed by atoms with Gasteiger partial charge in [0, 0.05) is 14.6 Å². The Morgan fingerprint density at radius 3 is 2.71 bits per heavy atom. The number of nitrogens with two attached hydrogens (primary N) is 1. The largest absolute Gasteiger partial charge is 0.491 e. The number of halogens is 1. The molecule has 17 heavy (non-hydrogen) atoms. The molecular weight excluding hydrogens is 318 g/mol. The molecule has 1 aromatic heterocycles. The van der Waals surface area contributed by atoms with Crippen LogP contribution in [0, 0.1) is 0 Å². The zero-order valence-electron chi connectivity index (χ0n) is 9.49. The zero-order chi connectivity index (χ0) is 12.6. The van der Waals surface area contributed by atoms with Gasteiger partial charge >= 0.3 is 0 Å². The topological polar surface area (TPSA) is 35.2 Å². The summed E-state index contributed by atoms with van der Waals surface area (Å²) in [5, 5.41) is 1.12. The van der Waals surface area contributed by atoms with Crippen LogP contribution in [0.1, 0.15) is 18.7 Å². The Morgan fingerprint density at radius 2 is 2.12 bits per heavy atom. The number of rotatable bonds is 3. The lowest BCUT2D eigenvalue weighted by Crippen LogP contribution is -2.06. The Balaban J connectivity index is 2.53. The molecule has 2 nitrogen and oxygen atoms in total. The van der Waals surface area contributed by atoms with Crippen LogP contribution in [0.15, 0.2) is 22.7 Å². The van der Waals surface area contributed by atoms with E-state index in [1.165, 1.54) is 0 Å². The van der Waals surface area contributed by atoms with E-state index in [0.29, 0.717) is 4.99 Å². The van der Waals surface area contributed by atoms with Crippen molar-refractivity contribution in [1.82, 2.24) is 0 Å². The summed E-state index contributed by atoms with van der Waals surface area (Å²) < 4.78 is 7.81. The number of ether oxygens (including phenoxy) is 1. The van der Waals surface area contributed by atoms with Crippen LogP contribution in [-0.2, 0) is 0 Å². The molecule has 0 aliphatic heterocycles. The van der Waals surface area contributed by atoms with Crippen LogP contribution in [0.2, 0.25) is 0 Å². The van der Waals surface area contributed by atoms with E-state index in [1.807, 2.05) is 32.0 Å². The standard InChI is InChI=1S/C12H12BrNOS2/c1-6(2)15-7-3-9(13)8-5-11(12(14)16)17-10(8)4-7/h3-6H,1-2H3,(H2,14,16). The molecule has 5 heteroatoms. The average molecular weight is 330 g/mol. The number of thiophene rings is 1. The minimum absolute atomic E-state index is 0.161. The highest BCUT2D eigenvalue weighted by Crippen LogP contribution is 2.35. The number of hydrogen-bond acceptors (Lipinski definition) is 3. The van der Waals surface area contributed by atoms with Crippen LogP contribution >= 0.6 is 39.5 Å². The molecule has 0 radical (unpaired) electrons. The van der Waals surface area contributed by atoms with Gasteiger partial charge in [-0.05, 0) is 48.0 Å². The highest BCUT2D eigenvalue weighted by atomic mass is 79.9. The lowest BCUT2D eigenvalue weighted by atomic mass is 10.2. The number of thiocarbonyl (C=S) groups is 1. The van der Waals surface area contributed by atoms with Crippen LogP contribution in [0.3, 0.4) is 0 Å². The molecule has 0 aliphatic carbocycles. The van der Waals surface area contributed by atoms with E-state index < -0.39 is 0 Å². The molecule has 0 aliphatic rings. The summed E-state index contributed by atoms with van der Waals surface area (Å²) in [7, 11) is 0. The first kappa shape index (κ1) is 12.8. The van der Waals surface area contributed by atoms with E-state index in [2.05, 4.69) is 15.9 Å². The van der Waals surface area contributed by atoms with Gasteiger partial charge in [-0.2, -0.15) is 0 Å².